The fourth-order valence-electron chi connectivity index (χ4n) is 2.79. The van der Waals surface area contributed by atoms with Gasteiger partial charge in [-0.3, -0.25) is 4.79 Å². The van der Waals surface area contributed by atoms with E-state index in [4.69, 9.17) is 0 Å². The third-order valence-corrected chi connectivity index (χ3v) is 4.25. The Balaban J connectivity index is 1.74. The number of nitrogens with one attached hydrogen (secondary N) is 2. The highest BCUT2D eigenvalue weighted by atomic mass is 16.1. The lowest BCUT2D eigenvalue weighted by atomic mass is 10.1. The van der Waals surface area contributed by atoms with Crippen LogP contribution in [0.1, 0.15) is 32.7 Å². The summed E-state index contributed by atoms with van der Waals surface area (Å²) in [7, 11) is 0. The van der Waals surface area contributed by atoms with Gasteiger partial charge in [-0.05, 0) is 50.5 Å². The van der Waals surface area contributed by atoms with Crippen LogP contribution in [0, 0.1) is 27.7 Å². The molecule has 0 aliphatic rings. The van der Waals surface area contributed by atoms with Gasteiger partial charge >= 0.3 is 0 Å². The molecule has 5 nitrogen and oxygen atoms in total. The molecule has 0 atom stereocenters. The molecule has 0 fully saturated rings. The minimum absolute atomic E-state index is 0.275. The van der Waals surface area contributed by atoms with Gasteiger partial charge in [0.2, 0.25) is 0 Å². The van der Waals surface area contributed by atoms with E-state index in [1.54, 1.807) is 6.20 Å². The van der Waals surface area contributed by atoms with E-state index in [1.165, 1.54) is 6.20 Å². The van der Waals surface area contributed by atoms with Gasteiger partial charge in [-0.15, -0.1) is 0 Å². The van der Waals surface area contributed by atoms with Gasteiger partial charge in [-0.25, -0.2) is 9.97 Å². The Hall–Kier alpha value is -3.21. The van der Waals surface area contributed by atoms with E-state index in [2.05, 4.69) is 20.6 Å². The number of aromatic nitrogens is 2. The van der Waals surface area contributed by atoms with Gasteiger partial charge in [-0.1, -0.05) is 35.9 Å². The fraction of sp³-hybridized carbons (Fsp3) is 0.190. The van der Waals surface area contributed by atoms with E-state index in [9.17, 15) is 4.79 Å². The fourth-order valence-corrected chi connectivity index (χ4v) is 2.79. The van der Waals surface area contributed by atoms with Crippen molar-refractivity contribution in [2.24, 2.45) is 0 Å². The lowest BCUT2D eigenvalue weighted by Crippen LogP contribution is -2.15. The highest BCUT2D eigenvalue weighted by molar-refractivity contribution is 6.03. The molecule has 2 aromatic carbocycles. The number of para-hydroxylation sites is 1. The zero-order valence-corrected chi connectivity index (χ0v) is 15.4. The Labute approximate surface area is 153 Å². The average molecular weight is 346 g/mol. The standard InChI is InChI=1S/C21H22N4O/c1-13-8-9-17(16(4)10-13)24-21(26)18-11-23-19(12-22-18)25-20-14(2)6-5-7-15(20)3/h5-12H,1-4H3,(H,23,25)(H,24,26). The molecule has 0 bridgehead atoms. The number of rotatable bonds is 4. The van der Waals surface area contributed by atoms with Gasteiger partial charge in [0.05, 0.1) is 12.4 Å². The minimum Gasteiger partial charge on any atom is -0.339 e. The molecule has 1 aromatic heterocycles. The van der Waals surface area contributed by atoms with Crippen LogP contribution in [0.4, 0.5) is 17.2 Å². The second-order valence-corrected chi connectivity index (χ2v) is 6.45. The molecule has 0 spiro atoms. The predicted octanol–water partition coefficient (Wildman–Crippen LogP) is 4.71. The molecular weight excluding hydrogens is 324 g/mol. The van der Waals surface area contributed by atoms with E-state index in [0.717, 1.165) is 33.6 Å². The Morgan fingerprint density at radius 2 is 1.62 bits per heavy atom. The maximum Gasteiger partial charge on any atom is 0.275 e. The van der Waals surface area contributed by atoms with Crippen LogP contribution in [0.25, 0.3) is 0 Å². The molecule has 132 valence electrons. The quantitative estimate of drug-likeness (QED) is 0.718. The molecule has 3 rings (SSSR count). The number of hydrogen-bond donors (Lipinski definition) is 2. The van der Waals surface area contributed by atoms with Gasteiger partial charge in [0, 0.05) is 11.4 Å². The summed E-state index contributed by atoms with van der Waals surface area (Å²) in [5.74, 6) is 0.327. The zero-order valence-electron chi connectivity index (χ0n) is 15.4. The second kappa shape index (κ2) is 7.35. The summed E-state index contributed by atoms with van der Waals surface area (Å²) < 4.78 is 0. The molecule has 0 aliphatic heterocycles. The van der Waals surface area contributed by atoms with Crippen molar-refractivity contribution in [3.8, 4) is 0 Å². The van der Waals surface area contributed by atoms with Crippen molar-refractivity contribution < 1.29 is 4.79 Å². The topological polar surface area (TPSA) is 66.9 Å². The van der Waals surface area contributed by atoms with Crippen LogP contribution in [-0.4, -0.2) is 15.9 Å². The smallest absolute Gasteiger partial charge is 0.275 e. The molecule has 2 N–H and O–H groups in total. The van der Waals surface area contributed by atoms with Crippen LogP contribution in [-0.2, 0) is 0 Å². The molecule has 3 aromatic rings. The Bertz CT molecular complexity index is 928. The highest BCUT2D eigenvalue weighted by Gasteiger charge is 2.11. The Morgan fingerprint density at radius 3 is 2.23 bits per heavy atom. The molecule has 0 unspecified atom stereocenters. The minimum atomic E-state index is -0.275. The number of carbonyl (C=O) groups is 1. The van der Waals surface area contributed by atoms with Crippen LogP contribution in [0.5, 0.6) is 0 Å². The first kappa shape index (κ1) is 17.6. The lowest BCUT2D eigenvalue weighted by molar-refractivity contribution is 0.102. The first-order chi connectivity index (χ1) is 12.4. The number of carbonyl (C=O) groups excluding carboxylic acids is 1. The maximum atomic E-state index is 12.4. The predicted molar refractivity (Wildman–Crippen MR) is 105 cm³/mol. The summed E-state index contributed by atoms with van der Waals surface area (Å²) in [6.45, 7) is 8.06. The van der Waals surface area contributed by atoms with Crippen LogP contribution in [0.3, 0.4) is 0 Å². The number of amides is 1. The number of nitrogens with zero attached hydrogens (tertiary/aromatic N) is 2. The zero-order chi connectivity index (χ0) is 18.7. The molecule has 1 heterocycles. The largest absolute Gasteiger partial charge is 0.339 e. The van der Waals surface area contributed by atoms with E-state index < -0.39 is 0 Å². The van der Waals surface area contributed by atoms with Gasteiger partial charge in [-0.2, -0.15) is 0 Å². The van der Waals surface area contributed by atoms with Crippen LogP contribution in [0.2, 0.25) is 0 Å². The van der Waals surface area contributed by atoms with Crippen molar-refractivity contribution >= 4 is 23.1 Å². The first-order valence-corrected chi connectivity index (χ1v) is 8.48. The summed E-state index contributed by atoms with van der Waals surface area (Å²) in [5, 5.41) is 6.15. The van der Waals surface area contributed by atoms with Crippen molar-refractivity contribution in [2.45, 2.75) is 27.7 Å². The van der Waals surface area contributed by atoms with E-state index in [1.807, 2.05) is 64.1 Å². The summed E-state index contributed by atoms with van der Waals surface area (Å²) in [4.78, 5) is 21.0. The number of hydrogen-bond acceptors (Lipinski definition) is 4. The van der Waals surface area contributed by atoms with E-state index in [0.29, 0.717) is 5.82 Å². The first-order valence-electron chi connectivity index (χ1n) is 8.48. The molecule has 0 saturated carbocycles. The van der Waals surface area contributed by atoms with Gasteiger partial charge in [0.15, 0.2) is 0 Å². The van der Waals surface area contributed by atoms with Crippen molar-refractivity contribution in [2.75, 3.05) is 10.6 Å². The summed E-state index contributed by atoms with van der Waals surface area (Å²) in [6, 6.07) is 12.0. The summed E-state index contributed by atoms with van der Waals surface area (Å²) in [5.41, 5.74) is 6.49. The Kier molecular flexibility index (Phi) is 4.98. The molecular formula is C21H22N4O. The lowest BCUT2D eigenvalue weighted by Gasteiger charge is -2.12. The second-order valence-electron chi connectivity index (χ2n) is 6.45. The third-order valence-electron chi connectivity index (χ3n) is 4.25. The Morgan fingerprint density at radius 1 is 0.885 bits per heavy atom. The SMILES string of the molecule is Cc1ccc(NC(=O)c2cnc(Nc3c(C)cccc3C)cn2)c(C)c1. The van der Waals surface area contributed by atoms with Crippen LogP contribution in [0.15, 0.2) is 48.8 Å². The van der Waals surface area contributed by atoms with Gasteiger partial charge < -0.3 is 10.6 Å². The molecule has 26 heavy (non-hydrogen) atoms. The maximum absolute atomic E-state index is 12.4. The molecule has 1 amide bonds. The normalized spacial score (nSPS) is 10.5. The molecule has 0 saturated heterocycles. The van der Waals surface area contributed by atoms with Crippen molar-refractivity contribution in [3.05, 3.63) is 76.7 Å². The van der Waals surface area contributed by atoms with Crippen molar-refractivity contribution in [1.29, 1.82) is 0 Å². The number of benzene rings is 2. The summed E-state index contributed by atoms with van der Waals surface area (Å²) in [6.07, 6.45) is 3.05. The van der Waals surface area contributed by atoms with Gasteiger partial charge in [0.1, 0.15) is 11.5 Å². The molecule has 5 heteroatoms. The van der Waals surface area contributed by atoms with Crippen LogP contribution >= 0.6 is 0 Å². The van der Waals surface area contributed by atoms with Crippen LogP contribution < -0.4 is 10.6 Å². The highest BCUT2D eigenvalue weighted by Crippen LogP contribution is 2.23. The summed E-state index contributed by atoms with van der Waals surface area (Å²) >= 11 is 0. The number of aryl methyl sites for hydroxylation is 4. The van der Waals surface area contributed by atoms with Gasteiger partial charge in [0.25, 0.3) is 5.91 Å². The monoisotopic (exact) mass is 346 g/mol. The average Bonchev–Trinajstić information content (AvgIpc) is 2.61. The van der Waals surface area contributed by atoms with Crippen molar-refractivity contribution in [1.82, 2.24) is 9.97 Å². The molecule has 0 aliphatic carbocycles. The molecule has 0 radical (unpaired) electrons. The van der Waals surface area contributed by atoms with E-state index >= 15 is 0 Å². The van der Waals surface area contributed by atoms with Crippen molar-refractivity contribution in [3.63, 3.8) is 0 Å². The third kappa shape index (κ3) is 3.88. The number of anilines is 3. The van der Waals surface area contributed by atoms with E-state index in [-0.39, 0.29) is 11.6 Å².